The molecule has 0 N–H and O–H groups in total. The molecule has 0 radical (unpaired) electrons. The summed E-state index contributed by atoms with van der Waals surface area (Å²) in [6.45, 7) is 2.02. The number of carbonyl (C=O) groups is 4. The second kappa shape index (κ2) is 10.1. The molecule has 0 aromatic carbocycles. The van der Waals surface area contributed by atoms with E-state index < -0.39 is 78.9 Å². The summed E-state index contributed by atoms with van der Waals surface area (Å²) in [4.78, 5) is 45.9. The van der Waals surface area contributed by atoms with Crippen LogP contribution in [0.3, 0.4) is 0 Å². The molecule has 2 saturated heterocycles. The van der Waals surface area contributed by atoms with Crippen LogP contribution in [0.15, 0.2) is 0 Å². The van der Waals surface area contributed by atoms with Crippen LogP contribution in [0.4, 0.5) is 0 Å². The van der Waals surface area contributed by atoms with E-state index in [1.165, 1.54) is 13.8 Å². The van der Waals surface area contributed by atoms with E-state index in [9.17, 15) is 29.4 Å². The van der Waals surface area contributed by atoms with Crippen LogP contribution in [-0.2, 0) is 42.9 Å². The van der Waals surface area contributed by atoms with Gasteiger partial charge in [-0.2, -0.15) is 0 Å². The molecule has 6 atom stereocenters. The topological polar surface area (TPSA) is 161 Å². The molecule has 1 spiro atoms. The van der Waals surface area contributed by atoms with Crippen molar-refractivity contribution in [3.8, 4) is 0 Å². The molecule has 11 heteroatoms. The van der Waals surface area contributed by atoms with Gasteiger partial charge in [-0.25, -0.2) is 0 Å². The highest BCUT2D eigenvalue weighted by Crippen LogP contribution is 2.48. The number of fused-ring (bicyclic) bond motifs is 1. The van der Waals surface area contributed by atoms with Crippen molar-refractivity contribution >= 4 is 23.9 Å². The number of ether oxygens (including phenoxy) is 5. The third-order valence-corrected chi connectivity index (χ3v) is 6.10. The Labute approximate surface area is 185 Å². The molecule has 2 heterocycles. The second-order valence-electron chi connectivity index (χ2n) is 8.54. The normalized spacial score (nSPS) is 32.0. The number of aliphatic carboxylic acids is 2. The summed E-state index contributed by atoms with van der Waals surface area (Å²) in [6, 6.07) is 0. The Morgan fingerprint density at radius 2 is 1.56 bits per heavy atom. The van der Waals surface area contributed by atoms with Crippen LogP contribution in [0.25, 0.3) is 0 Å². The van der Waals surface area contributed by atoms with Crippen molar-refractivity contribution in [2.24, 2.45) is 5.92 Å². The molecule has 180 valence electrons. The van der Waals surface area contributed by atoms with Gasteiger partial charge in [0.25, 0.3) is 0 Å². The maximum atomic E-state index is 11.7. The molecular weight excluding hydrogens is 428 g/mol. The molecule has 0 aromatic rings. The number of esters is 2. The summed E-state index contributed by atoms with van der Waals surface area (Å²) in [7, 11) is 0. The van der Waals surface area contributed by atoms with Gasteiger partial charge in [0.15, 0.2) is 11.9 Å². The van der Waals surface area contributed by atoms with E-state index in [1.807, 2.05) is 0 Å². The molecule has 3 rings (SSSR count). The summed E-state index contributed by atoms with van der Waals surface area (Å²) >= 11 is 0. The van der Waals surface area contributed by atoms with Crippen molar-refractivity contribution < 1.29 is 53.1 Å². The molecular formula is C21H28O11-2. The minimum atomic E-state index is -1.44. The van der Waals surface area contributed by atoms with Gasteiger partial charge >= 0.3 is 11.9 Å². The Kier molecular flexibility index (Phi) is 7.73. The van der Waals surface area contributed by atoms with E-state index in [-0.39, 0.29) is 6.61 Å². The van der Waals surface area contributed by atoms with Gasteiger partial charge in [-0.1, -0.05) is 6.42 Å². The molecule has 1 aliphatic carbocycles. The first-order valence-corrected chi connectivity index (χ1v) is 10.8. The average molecular weight is 456 g/mol. The molecule has 0 amide bonds. The van der Waals surface area contributed by atoms with Gasteiger partial charge in [-0.15, -0.1) is 0 Å². The first kappa shape index (κ1) is 24.4. The lowest BCUT2D eigenvalue weighted by atomic mass is 9.82. The van der Waals surface area contributed by atoms with Crippen LogP contribution in [0, 0.1) is 5.92 Å². The quantitative estimate of drug-likeness (QED) is 0.395. The standard InChI is InChI=1S/C21H30O11/c1-11(22)28-10-15(29-12(2)23)19-20-18(31-21(32-20)6-4-3-5-7-21)13(8-16(24)25)14(30-19)9-17(26)27/h13-15,18-20H,3-10H2,1-2H3,(H,24,25)(H,26,27)/p-2/t13-,14+,15-,18-,19+,20-/m1/s1. The maximum Gasteiger partial charge on any atom is 0.303 e. The number of rotatable bonds is 8. The lowest BCUT2D eigenvalue weighted by Gasteiger charge is -2.44. The van der Waals surface area contributed by atoms with Gasteiger partial charge in [0.05, 0.1) is 12.2 Å². The summed E-state index contributed by atoms with van der Waals surface area (Å²) in [5.74, 6) is -5.94. The Bertz CT molecular complexity index is 715. The molecule has 1 saturated carbocycles. The molecule has 3 fully saturated rings. The number of carboxylic acid groups (broad SMARTS) is 2. The largest absolute Gasteiger partial charge is 0.550 e. The van der Waals surface area contributed by atoms with E-state index in [4.69, 9.17) is 23.7 Å². The van der Waals surface area contributed by atoms with Crippen LogP contribution in [-0.4, -0.2) is 66.8 Å². The minimum absolute atomic E-state index is 0.345. The average Bonchev–Trinajstić information content (AvgIpc) is 3.05. The van der Waals surface area contributed by atoms with Crippen LogP contribution in [0.2, 0.25) is 0 Å². The summed E-state index contributed by atoms with van der Waals surface area (Å²) in [5.41, 5.74) is 0. The van der Waals surface area contributed by atoms with Gasteiger partial charge in [0.1, 0.15) is 18.8 Å². The Morgan fingerprint density at radius 3 is 2.12 bits per heavy atom. The lowest BCUT2D eigenvalue weighted by molar-refractivity contribution is -0.317. The number of hydrogen-bond donors (Lipinski definition) is 0. The van der Waals surface area contributed by atoms with Gasteiger partial charge in [-0.3, -0.25) is 9.59 Å². The molecule has 0 bridgehead atoms. The maximum absolute atomic E-state index is 11.7. The number of carboxylic acids is 2. The zero-order valence-electron chi connectivity index (χ0n) is 18.1. The third-order valence-electron chi connectivity index (χ3n) is 6.10. The van der Waals surface area contributed by atoms with E-state index in [0.29, 0.717) is 12.8 Å². The molecule has 0 aromatic heterocycles. The van der Waals surface area contributed by atoms with Crippen molar-refractivity contribution in [1.29, 1.82) is 0 Å². The summed E-state index contributed by atoms with van der Waals surface area (Å²) < 4.78 is 28.9. The van der Waals surface area contributed by atoms with Crippen molar-refractivity contribution in [3.05, 3.63) is 0 Å². The fourth-order valence-corrected chi connectivity index (χ4v) is 4.87. The van der Waals surface area contributed by atoms with Gasteiger partial charge in [0.2, 0.25) is 0 Å². The lowest BCUT2D eigenvalue weighted by Crippen LogP contribution is -2.59. The van der Waals surface area contributed by atoms with E-state index >= 15 is 0 Å². The van der Waals surface area contributed by atoms with Crippen molar-refractivity contribution in [2.45, 2.75) is 95.1 Å². The van der Waals surface area contributed by atoms with Crippen molar-refractivity contribution in [1.82, 2.24) is 0 Å². The van der Waals surface area contributed by atoms with Crippen LogP contribution in [0.5, 0.6) is 0 Å². The smallest absolute Gasteiger partial charge is 0.303 e. The SMILES string of the molecule is CC(=O)OC[C@@H](OC(C)=O)[C@@H]1O[C@@H](CC(=O)[O-])[C@@H](CC(=O)[O-])[C@H]2OC3(CCCCC3)O[C@H]21. The fourth-order valence-electron chi connectivity index (χ4n) is 4.87. The van der Waals surface area contributed by atoms with E-state index in [1.54, 1.807) is 0 Å². The second-order valence-corrected chi connectivity index (χ2v) is 8.54. The van der Waals surface area contributed by atoms with Gasteiger partial charge in [0, 0.05) is 51.0 Å². The Balaban J connectivity index is 1.95. The zero-order chi connectivity index (χ0) is 23.5. The number of carbonyl (C=O) groups excluding carboxylic acids is 4. The molecule has 3 aliphatic rings. The third kappa shape index (κ3) is 5.76. The van der Waals surface area contributed by atoms with Crippen molar-refractivity contribution in [2.75, 3.05) is 6.61 Å². The Hall–Kier alpha value is -2.24. The molecule has 2 aliphatic heterocycles. The highest BCUT2D eigenvalue weighted by atomic mass is 16.8. The fraction of sp³-hybridized carbons (Fsp3) is 0.810. The molecule has 32 heavy (non-hydrogen) atoms. The van der Waals surface area contributed by atoms with E-state index in [0.717, 1.165) is 19.3 Å². The summed E-state index contributed by atoms with van der Waals surface area (Å²) in [6.07, 6.45) is -2.24. The first-order valence-electron chi connectivity index (χ1n) is 10.8. The van der Waals surface area contributed by atoms with Gasteiger partial charge in [-0.05, 0) is 19.3 Å². The molecule has 0 unspecified atom stereocenters. The summed E-state index contributed by atoms with van der Waals surface area (Å²) in [5, 5.41) is 22.8. The zero-order valence-corrected chi connectivity index (χ0v) is 18.1. The number of hydrogen-bond acceptors (Lipinski definition) is 11. The van der Waals surface area contributed by atoms with Gasteiger partial charge < -0.3 is 43.5 Å². The van der Waals surface area contributed by atoms with Crippen molar-refractivity contribution in [3.63, 3.8) is 0 Å². The van der Waals surface area contributed by atoms with Crippen LogP contribution < -0.4 is 10.2 Å². The minimum Gasteiger partial charge on any atom is -0.550 e. The predicted molar refractivity (Wildman–Crippen MR) is 99.1 cm³/mol. The monoisotopic (exact) mass is 456 g/mol. The Morgan fingerprint density at radius 1 is 0.938 bits per heavy atom. The highest BCUT2D eigenvalue weighted by Gasteiger charge is 2.59. The van der Waals surface area contributed by atoms with E-state index in [2.05, 4.69) is 0 Å². The first-order chi connectivity index (χ1) is 15.1. The molecule has 11 nitrogen and oxygen atoms in total. The highest BCUT2D eigenvalue weighted by molar-refractivity contribution is 5.68. The van der Waals surface area contributed by atoms with Crippen LogP contribution in [0.1, 0.15) is 58.8 Å². The predicted octanol–water partition coefficient (Wildman–Crippen LogP) is -1.41. The van der Waals surface area contributed by atoms with Crippen LogP contribution >= 0.6 is 0 Å².